The van der Waals surface area contributed by atoms with Crippen LogP contribution < -0.4 is 20.2 Å². The maximum Gasteiger partial charge on any atom is 0.397 e. The second-order valence-electron chi connectivity index (χ2n) is 8.19. The maximum atomic E-state index is 6.86. The Morgan fingerprint density at radius 1 is 0.688 bits per heavy atom. The quantitative estimate of drug-likeness (QED) is 0.620. The van der Waals surface area contributed by atoms with Gasteiger partial charge >= 0.3 is 6.03 Å². The Balaban J connectivity index is 1.46. The molecule has 1 unspecified atom stereocenters. The van der Waals surface area contributed by atoms with Gasteiger partial charge in [-0.2, -0.15) is 0 Å². The van der Waals surface area contributed by atoms with Gasteiger partial charge in [-0.25, -0.2) is 0 Å². The number of rotatable bonds is 2. The summed E-state index contributed by atoms with van der Waals surface area (Å²) in [5.41, 5.74) is 4.31. The normalized spacial score (nSPS) is 20.9. The van der Waals surface area contributed by atoms with Gasteiger partial charge in [0.05, 0.1) is 11.4 Å². The Morgan fingerprint density at radius 3 is 1.91 bits per heavy atom. The smallest absolute Gasteiger partial charge is 0.397 e. The number of fused-ring (bicyclic) bond motifs is 2. The van der Waals surface area contributed by atoms with E-state index in [-0.39, 0.29) is 6.10 Å². The summed E-state index contributed by atoms with van der Waals surface area (Å²) < 4.78 is 13.7. The van der Waals surface area contributed by atoms with Crippen molar-refractivity contribution >= 4 is 29.3 Å². The first-order valence-corrected chi connectivity index (χ1v) is 10.8. The number of hydrogen-bond donors (Lipinski definition) is 0. The highest BCUT2D eigenvalue weighted by molar-refractivity contribution is 5.87. The lowest BCUT2D eigenvalue weighted by Crippen LogP contribution is -2.60. The number of anilines is 2. The Hall–Kier alpha value is -4.02. The number of benzene rings is 3. The van der Waals surface area contributed by atoms with Gasteiger partial charge in [-0.1, -0.05) is 84.9 Å². The molecule has 0 saturated heterocycles. The van der Waals surface area contributed by atoms with E-state index >= 15 is 0 Å². The Morgan fingerprint density at radius 2 is 1.28 bits per heavy atom. The lowest BCUT2D eigenvalue weighted by atomic mass is 10.1. The molecule has 4 aliphatic heterocycles. The van der Waals surface area contributed by atoms with Crippen LogP contribution in [-0.2, 0) is 9.47 Å². The van der Waals surface area contributed by atoms with Crippen LogP contribution in [0, 0.1) is 0 Å². The molecule has 4 heteroatoms. The van der Waals surface area contributed by atoms with E-state index in [4.69, 9.17) is 9.47 Å². The Labute approximate surface area is 185 Å². The first kappa shape index (κ1) is 17.6. The van der Waals surface area contributed by atoms with E-state index in [1.165, 1.54) is 0 Å². The predicted molar refractivity (Wildman–Crippen MR) is 126 cm³/mol. The topological polar surface area (TPSA) is 24.9 Å². The van der Waals surface area contributed by atoms with Gasteiger partial charge < -0.3 is 4.74 Å². The van der Waals surface area contributed by atoms with E-state index in [1.807, 2.05) is 61.0 Å². The van der Waals surface area contributed by atoms with Crippen LogP contribution in [0.5, 0.6) is 0 Å². The molecule has 0 amide bonds. The first-order chi connectivity index (χ1) is 15.8. The maximum absolute atomic E-state index is 6.86. The zero-order chi connectivity index (χ0) is 21.1. The number of hydrogen-bond acceptors (Lipinski definition) is 4. The molecular formula is C28H20N2O2. The van der Waals surface area contributed by atoms with Crippen molar-refractivity contribution in [3.8, 4) is 0 Å². The van der Waals surface area contributed by atoms with E-state index in [0.29, 0.717) is 0 Å². The van der Waals surface area contributed by atoms with Crippen LogP contribution in [-0.4, -0.2) is 6.03 Å². The molecule has 32 heavy (non-hydrogen) atoms. The molecule has 0 radical (unpaired) electrons. The van der Waals surface area contributed by atoms with Crippen LogP contribution in [0.2, 0.25) is 0 Å². The van der Waals surface area contributed by atoms with Crippen molar-refractivity contribution in [3.05, 3.63) is 125 Å². The summed E-state index contributed by atoms with van der Waals surface area (Å²) in [7, 11) is 0. The fraction of sp³-hybridized carbons (Fsp3) is 0.0714. The van der Waals surface area contributed by atoms with Gasteiger partial charge in [0.25, 0.3) is 0 Å². The highest BCUT2D eigenvalue weighted by Crippen LogP contribution is 2.51. The minimum absolute atomic E-state index is 0.278. The predicted octanol–water partition coefficient (Wildman–Crippen LogP) is 4.37. The summed E-state index contributed by atoms with van der Waals surface area (Å²) >= 11 is 0. The average Bonchev–Trinajstić information content (AvgIpc) is 3.14. The molecule has 0 saturated carbocycles. The van der Waals surface area contributed by atoms with Crippen LogP contribution in [0.1, 0.15) is 17.2 Å². The van der Waals surface area contributed by atoms with Crippen LogP contribution >= 0.6 is 0 Å². The van der Waals surface area contributed by atoms with Gasteiger partial charge in [0, 0.05) is 28.4 Å². The van der Waals surface area contributed by atoms with Crippen molar-refractivity contribution in [1.82, 2.24) is 0 Å². The average molecular weight is 416 g/mol. The van der Waals surface area contributed by atoms with Gasteiger partial charge in [0.2, 0.25) is 0 Å². The molecule has 0 aliphatic carbocycles. The van der Waals surface area contributed by atoms with E-state index in [1.54, 1.807) is 0 Å². The Bertz CT molecular complexity index is 1380. The van der Waals surface area contributed by atoms with Crippen molar-refractivity contribution in [3.63, 3.8) is 0 Å². The zero-order valence-corrected chi connectivity index (χ0v) is 17.3. The summed E-state index contributed by atoms with van der Waals surface area (Å²) in [5.74, 6) is 0.799. The largest absolute Gasteiger partial charge is 0.426 e. The molecule has 154 valence electrons. The highest BCUT2D eigenvalue weighted by Gasteiger charge is 2.57. The van der Waals surface area contributed by atoms with Crippen molar-refractivity contribution in [1.29, 1.82) is 0 Å². The minimum atomic E-state index is -1.16. The third-order valence-corrected chi connectivity index (χ3v) is 6.34. The molecule has 0 N–H and O–H groups in total. The monoisotopic (exact) mass is 416 g/mol. The summed E-state index contributed by atoms with van der Waals surface area (Å²) in [5, 5.41) is 2.30. The molecule has 3 aromatic carbocycles. The molecule has 1 spiro atoms. The van der Waals surface area contributed by atoms with E-state index in [9.17, 15) is 0 Å². The summed E-state index contributed by atoms with van der Waals surface area (Å²) in [6.07, 6.45) is 14.2. The van der Waals surface area contributed by atoms with E-state index in [2.05, 4.69) is 64.4 Å². The molecule has 3 aromatic rings. The molecule has 0 fully saturated rings. The van der Waals surface area contributed by atoms with Gasteiger partial charge in [-0.3, -0.25) is 14.5 Å². The van der Waals surface area contributed by atoms with Gasteiger partial charge in [-0.05, 0) is 23.8 Å². The molecule has 4 aliphatic rings. The van der Waals surface area contributed by atoms with Crippen molar-refractivity contribution < 1.29 is 9.47 Å². The number of ether oxygens (including phenoxy) is 2. The second kappa shape index (κ2) is 6.49. The summed E-state index contributed by atoms with van der Waals surface area (Å²) in [6.45, 7) is 0. The van der Waals surface area contributed by atoms with Gasteiger partial charge in [0.1, 0.15) is 11.9 Å². The SMILES string of the molecule is C1=CN2c3c4c(ccc3=C1)=CC=CN4C21OC(c2ccccc2)=CC(c2ccccc2)O1. The molecule has 0 bridgehead atoms. The standard InChI is InChI=1S/C28H20N2O2/c1-3-9-20(10-4-1)24-19-25(21-11-5-2-6-12-21)32-28(31-24)29-17-7-13-22-15-16-23-14-8-18-30(28)27(23)26(22)29/h1-19,24H. The molecular weight excluding hydrogens is 396 g/mol. The molecule has 4 nitrogen and oxygen atoms in total. The third kappa shape index (κ3) is 2.35. The summed E-state index contributed by atoms with van der Waals surface area (Å²) in [6, 6.07) is 23.7. The van der Waals surface area contributed by atoms with Gasteiger partial charge in [0.15, 0.2) is 0 Å². The van der Waals surface area contributed by atoms with Crippen LogP contribution in [0.4, 0.5) is 11.4 Å². The Kier molecular flexibility index (Phi) is 3.58. The van der Waals surface area contributed by atoms with Crippen molar-refractivity contribution in [2.24, 2.45) is 0 Å². The van der Waals surface area contributed by atoms with Crippen LogP contribution in [0.25, 0.3) is 17.9 Å². The van der Waals surface area contributed by atoms with Gasteiger partial charge in [-0.15, -0.1) is 0 Å². The van der Waals surface area contributed by atoms with Crippen molar-refractivity contribution in [2.75, 3.05) is 9.80 Å². The van der Waals surface area contributed by atoms with E-state index < -0.39 is 6.03 Å². The van der Waals surface area contributed by atoms with Crippen molar-refractivity contribution in [2.45, 2.75) is 12.1 Å². The number of allylic oxidation sites excluding steroid dienone is 2. The third-order valence-electron chi connectivity index (χ3n) is 6.34. The molecule has 4 heterocycles. The fourth-order valence-corrected chi connectivity index (χ4v) is 4.90. The molecule has 1 atom stereocenters. The summed E-state index contributed by atoms with van der Waals surface area (Å²) in [4.78, 5) is 4.24. The van der Waals surface area contributed by atoms with E-state index in [0.717, 1.165) is 38.7 Å². The fourth-order valence-electron chi connectivity index (χ4n) is 4.90. The highest BCUT2D eigenvalue weighted by atomic mass is 16.8. The van der Waals surface area contributed by atoms with Crippen LogP contribution in [0.15, 0.2) is 103 Å². The van der Waals surface area contributed by atoms with Crippen LogP contribution in [0.3, 0.4) is 0 Å². The number of nitrogens with zero attached hydrogens (tertiary/aromatic N) is 2. The lowest BCUT2D eigenvalue weighted by Gasteiger charge is -2.46. The molecule has 0 aromatic heterocycles. The first-order valence-electron chi connectivity index (χ1n) is 10.8. The minimum Gasteiger partial charge on any atom is -0.426 e. The zero-order valence-electron chi connectivity index (χ0n) is 17.3. The lowest BCUT2D eigenvalue weighted by molar-refractivity contribution is -0.217. The molecule has 7 rings (SSSR count). The second-order valence-corrected chi connectivity index (χ2v) is 8.19.